The first-order valence-electron chi connectivity index (χ1n) is 8.38. The lowest BCUT2D eigenvalue weighted by Crippen LogP contribution is -2.30. The van der Waals surface area contributed by atoms with Crippen LogP contribution in [0.3, 0.4) is 0 Å². The zero-order chi connectivity index (χ0) is 17.6. The molecule has 2 heterocycles. The van der Waals surface area contributed by atoms with Gasteiger partial charge in [-0.05, 0) is 43.2 Å². The molecule has 1 amide bonds. The summed E-state index contributed by atoms with van der Waals surface area (Å²) in [5.41, 5.74) is 4.32. The summed E-state index contributed by atoms with van der Waals surface area (Å²) in [5, 5.41) is 7.36. The van der Waals surface area contributed by atoms with Crippen molar-refractivity contribution in [3.63, 3.8) is 0 Å². The number of aromatic nitrogens is 3. The maximum atomic E-state index is 12.5. The van der Waals surface area contributed by atoms with Crippen molar-refractivity contribution in [2.24, 2.45) is 0 Å². The Hall–Kier alpha value is -2.95. The molecule has 5 nitrogen and oxygen atoms in total. The number of amides is 1. The number of hydrogen-bond acceptors (Lipinski definition) is 3. The molecule has 0 aliphatic heterocycles. The van der Waals surface area contributed by atoms with E-state index in [1.54, 1.807) is 18.6 Å². The maximum Gasteiger partial charge on any atom is 0.222 e. The van der Waals surface area contributed by atoms with Crippen molar-refractivity contribution in [3.05, 3.63) is 83.4 Å². The fraction of sp³-hybridized carbons (Fsp3) is 0.250. The van der Waals surface area contributed by atoms with Gasteiger partial charge in [0.25, 0.3) is 0 Å². The molecule has 2 aromatic heterocycles. The van der Waals surface area contributed by atoms with E-state index < -0.39 is 0 Å². The smallest absolute Gasteiger partial charge is 0.222 e. The Balaban J connectivity index is 1.74. The molecule has 0 radical (unpaired) electrons. The molecule has 0 spiro atoms. The summed E-state index contributed by atoms with van der Waals surface area (Å²) in [6.45, 7) is 4.61. The highest BCUT2D eigenvalue weighted by atomic mass is 16.1. The monoisotopic (exact) mass is 334 g/mol. The van der Waals surface area contributed by atoms with Gasteiger partial charge in [0.2, 0.25) is 5.91 Å². The van der Waals surface area contributed by atoms with Crippen molar-refractivity contribution in [1.82, 2.24) is 20.1 Å². The Bertz CT molecular complexity index is 824. The normalized spacial score (nSPS) is 11.9. The quantitative estimate of drug-likeness (QED) is 0.753. The van der Waals surface area contributed by atoms with Crippen LogP contribution in [-0.2, 0) is 11.3 Å². The van der Waals surface area contributed by atoms with Gasteiger partial charge in [-0.3, -0.25) is 14.5 Å². The molecule has 3 aromatic rings. The van der Waals surface area contributed by atoms with E-state index in [0.717, 1.165) is 16.8 Å². The van der Waals surface area contributed by atoms with E-state index >= 15 is 0 Å². The van der Waals surface area contributed by atoms with Crippen LogP contribution in [0.2, 0.25) is 0 Å². The van der Waals surface area contributed by atoms with Crippen LogP contribution in [0.1, 0.15) is 34.8 Å². The topological polar surface area (TPSA) is 59.8 Å². The number of carbonyl (C=O) groups is 1. The minimum Gasteiger partial charge on any atom is -0.345 e. The molecular weight excluding hydrogens is 312 g/mol. The van der Waals surface area contributed by atoms with Crippen LogP contribution in [0.25, 0.3) is 0 Å². The molecule has 0 bridgehead atoms. The van der Waals surface area contributed by atoms with E-state index in [0.29, 0.717) is 13.0 Å². The minimum atomic E-state index is -0.185. The third-order valence-corrected chi connectivity index (χ3v) is 4.24. The average Bonchev–Trinajstić information content (AvgIpc) is 3.04. The largest absolute Gasteiger partial charge is 0.345 e. The molecule has 1 N–H and O–H groups in total. The number of nitrogens with one attached hydrogen (secondary N) is 1. The Morgan fingerprint density at radius 2 is 1.68 bits per heavy atom. The molecule has 0 unspecified atom stereocenters. The lowest BCUT2D eigenvalue weighted by atomic mass is 9.98. The summed E-state index contributed by atoms with van der Waals surface area (Å²) in [5.74, 6) is -0.00251. The van der Waals surface area contributed by atoms with Gasteiger partial charge in [-0.25, -0.2) is 0 Å². The van der Waals surface area contributed by atoms with Crippen LogP contribution in [0, 0.1) is 13.8 Å². The van der Waals surface area contributed by atoms with Crippen LogP contribution in [-0.4, -0.2) is 20.7 Å². The number of nitrogens with zero attached hydrogens (tertiary/aromatic N) is 3. The molecule has 128 valence electrons. The molecule has 0 saturated heterocycles. The summed E-state index contributed by atoms with van der Waals surface area (Å²) in [4.78, 5) is 16.6. The van der Waals surface area contributed by atoms with Crippen LogP contribution in [0.5, 0.6) is 0 Å². The van der Waals surface area contributed by atoms with Crippen molar-refractivity contribution in [2.75, 3.05) is 0 Å². The van der Waals surface area contributed by atoms with E-state index in [2.05, 4.69) is 46.6 Å². The Labute approximate surface area is 147 Å². The van der Waals surface area contributed by atoms with Gasteiger partial charge in [-0.1, -0.05) is 29.8 Å². The van der Waals surface area contributed by atoms with Gasteiger partial charge in [0.1, 0.15) is 0 Å². The summed E-state index contributed by atoms with van der Waals surface area (Å²) in [6, 6.07) is 13.8. The van der Waals surface area contributed by atoms with E-state index in [-0.39, 0.29) is 11.9 Å². The van der Waals surface area contributed by atoms with Crippen molar-refractivity contribution in [2.45, 2.75) is 32.9 Å². The van der Waals surface area contributed by atoms with Gasteiger partial charge < -0.3 is 5.32 Å². The number of hydrogen-bond donors (Lipinski definition) is 1. The van der Waals surface area contributed by atoms with Gasteiger partial charge >= 0.3 is 0 Å². The molecule has 0 saturated carbocycles. The molecule has 1 aromatic carbocycles. The third-order valence-electron chi connectivity index (χ3n) is 4.24. The highest BCUT2D eigenvalue weighted by Crippen LogP contribution is 2.22. The number of pyridine rings is 1. The van der Waals surface area contributed by atoms with E-state index in [4.69, 9.17) is 0 Å². The predicted octanol–water partition coefficient (Wildman–Crippen LogP) is 3.19. The fourth-order valence-electron chi connectivity index (χ4n) is 2.75. The first-order chi connectivity index (χ1) is 12.1. The molecular formula is C20H22N4O. The number of aryl methyl sites for hydroxylation is 3. The molecule has 1 atom stereocenters. The SMILES string of the molecule is Cc1ccc([C@H](NC(=O)CCn2nccc2C)c2ccncc2)cc1. The zero-order valence-electron chi connectivity index (χ0n) is 14.5. The standard InChI is InChI=1S/C20H22N4O/c1-15-3-5-17(6-4-15)20(18-8-11-21-12-9-18)23-19(25)10-14-24-16(2)7-13-22-24/h3-9,11-13,20H,10,14H2,1-2H3,(H,23,25)/t20-/m0/s1. The van der Waals surface area contributed by atoms with E-state index in [1.165, 1.54) is 5.56 Å². The first kappa shape index (κ1) is 16.9. The second-order valence-corrected chi connectivity index (χ2v) is 6.14. The van der Waals surface area contributed by atoms with Crippen LogP contribution in [0.15, 0.2) is 61.1 Å². The summed E-state index contributed by atoms with van der Waals surface area (Å²) in [7, 11) is 0. The van der Waals surface area contributed by atoms with Gasteiger partial charge in [-0.2, -0.15) is 5.10 Å². The summed E-state index contributed by atoms with van der Waals surface area (Å²) in [6.07, 6.45) is 5.63. The Kier molecular flexibility index (Phi) is 5.23. The maximum absolute atomic E-state index is 12.5. The third kappa shape index (κ3) is 4.32. The van der Waals surface area contributed by atoms with E-state index in [9.17, 15) is 4.79 Å². The highest BCUT2D eigenvalue weighted by Gasteiger charge is 2.17. The van der Waals surface area contributed by atoms with Gasteiger partial charge in [-0.15, -0.1) is 0 Å². The molecule has 5 heteroatoms. The van der Waals surface area contributed by atoms with E-state index in [1.807, 2.05) is 29.8 Å². The second kappa shape index (κ2) is 7.75. The second-order valence-electron chi connectivity index (χ2n) is 6.14. The van der Waals surface area contributed by atoms with Crippen LogP contribution in [0.4, 0.5) is 0 Å². The Morgan fingerprint density at radius 1 is 1.00 bits per heavy atom. The van der Waals surface area contributed by atoms with Gasteiger partial charge in [0, 0.05) is 37.3 Å². The van der Waals surface area contributed by atoms with Crippen molar-refractivity contribution in [3.8, 4) is 0 Å². The number of benzene rings is 1. The lowest BCUT2D eigenvalue weighted by molar-refractivity contribution is -0.121. The van der Waals surface area contributed by atoms with Crippen molar-refractivity contribution in [1.29, 1.82) is 0 Å². The zero-order valence-corrected chi connectivity index (χ0v) is 14.5. The van der Waals surface area contributed by atoms with Crippen molar-refractivity contribution < 1.29 is 4.79 Å². The van der Waals surface area contributed by atoms with Gasteiger partial charge in [0.15, 0.2) is 0 Å². The minimum absolute atomic E-state index is 0.00251. The van der Waals surface area contributed by atoms with Gasteiger partial charge in [0.05, 0.1) is 6.04 Å². The van der Waals surface area contributed by atoms with Crippen LogP contribution >= 0.6 is 0 Å². The summed E-state index contributed by atoms with van der Waals surface area (Å²) >= 11 is 0. The first-order valence-corrected chi connectivity index (χ1v) is 8.38. The average molecular weight is 334 g/mol. The van der Waals surface area contributed by atoms with Crippen molar-refractivity contribution >= 4 is 5.91 Å². The lowest BCUT2D eigenvalue weighted by Gasteiger charge is -2.20. The molecule has 3 rings (SSSR count). The molecule has 25 heavy (non-hydrogen) atoms. The molecule has 0 aliphatic rings. The highest BCUT2D eigenvalue weighted by molar-refractivity contribution is 5.77. The Morgan fingerprint density at radius 3 is 2.32 bits per heavy atom. The number of rotatable bonds is 6. The molecule has 0 fully saturated rings. The summed E-state index contributed by atoms with van der Waals surface area (Å²) < 4.78 is 1.84. The molecule has 0 aliphatic carbocycles. The predicted molar refractivity (Wildman–Crippen MR) is 97.0 cm³/mol. The fourth-order valence-corrected chi connectivity index (χ4v) is 2.75. The number of carbonyl (C=O) groups excluding carboxylic acids is 1. The van der Waals surface area contributed by atoms with Crippen LogP contribution < -0.4 is 5.32 Å².